The molecule has 1 aliphatic heterocycles. The Hall–Kier alpha value is -2.63. The maximum Gasteiger partial charge on any atom is 0.433 e. The topological polar surface area (TPSA) is 102 Å². The van der Waals surface area contributed by atoms with Gasteiger partial charge in [-0.15, -0.1) is 0 Å². The van der Waals surface area contributed by atoms with Gasteiger partial charge in [0.05, 0.1) is 51.0 Å². The third-order valence-corrected chi connectivity index (χ3v) is 9.83. The third kappa shape index (κ3) is 5.79. The van der Waals surface area contributed by atoms with Gasteiger partial charge in [0, 0.05) is 12.6 Å². The zero-order valence-electron chi connectivity index (χ0n) is 23.1. The van der Waals surface area contributed by atoms with Gasteiger partial charge in [0.25, 0.3) is 5.91 Å². The molecule has 0 bridgehead atoms. The molecule has 13 heteroatoms. The van der Waals surface area contributed by atoms with Crippen LogP contribution in [-0.2, 0) is 15.7 Å². The summed E-state index contributed by atoms with van der Waals surface area (Å²) in [7, 11) is 0. The first-order valence-corrected chi connectivity index (χ1v) is 14.8. The minimum atomic E-state index is -4.93. The molecule has 3 aliphatic rings. The lowest BCUT2D eigenvalue weighted by molar-refractivity contribution is -0.152. The van der Waals surface area contributed by atoms with Gasteiger partial charge in [-0.2, -0.15) is 18.3 Å². The second-order valence-corrected chi connectivity index (χ2v) is 12.7. The maximum atomic E-state index is 14.6. The van der Waals surface area contributed by atoms with Crippen LogP contribution in [0.1, 0.15) is 97.2 Å². The van der Waals surface area contributed by atoms with Crippen LogP contribution in [0.15, 0.2) is 24.4 Å². The minimum absolute atomic E-state index is 0.000486. The Morgan fingerprint density at radius 2 is 1.76 bits per heavy atom. The normalized spacial score (nSPS) is 25.6. The predicted octanol–water partition coefficient (Wildman–Crippen LogP) is 6.84. The highest BCUT2D eigenvalue weighted by Crippen LogP contribution is 2.45. The first kappa shape index (κ1) is 30.8. The summed E-state index contributed by atoms with van der Waals surface area (Å²) in [6, 6.07) is 3.25. The van der Waals surface area contributed by atoms with Crippen molar-refractivity contribution in [2.45, 2.75) is 88.6 Å². The van der Waals surface area contributed by atoms with Gasteiger partial charge in [0.15, 0.2) is 11.5 Å². The van der Waals surface area contributed by atoms with E-state index in [2.05, 4.69) is 5.10 Å². The van der Waals surface area contributed by atoms with Crippen molar-refractivity contribution in [1.82, 2.24) is 14.7 Å². The van der Waals surface area contributed by atoms with E-state index in [1.54, 1.807) is 13.0 Å². The van der Waals surface area contributed by atoms with Gasteiger partial charge in [-0.1, -0.05) is 29.3 Å². The van der Waals surface area contributed by atoms with E-state index in [0.29, 0.717) is 19.4 Å². The van der Waals surface area contributed by atoms with E-state index in [0.717, 1.165) is 30.1 Å². The van der Waals surface area contributed by atoms with Crippen LogP contribution in [0.3, 0.4) is 0 Å². The number of carbonyl (C=O) groups is 3. The summed E-state index contributed by atoms with van der Waals surface area (Å²) in [5.41, 5.74) is -3.34. The lowest BCUT2D eigenvalue weighted by Gasteiger charge is -2.49. The van der Waals surface area contributed by atoms with Gasteiger partial charge in [-0.3, -0.25) is 19.1 Å². The number of ether oxygens (including phenoxy) is 1. The van der Waals surface area contributed by atoms with Gasteiger partial charge < -0.3 is 14.7 Å². The van der Waals surface area contributed by atoms with E-state index in [1.807, 2.05) is 0 Å². The fourth-order valence-corrected chi connectivity index (χ4v) is 7.09. The average molecular weight is 630 g/mol. The maximum absolute atomic E-state index is 14.6. The lowest BCUT2D eigenvalue weighted by Crippen LogP contribution is -2.54. The summed E-state index contributed by atoms with van der Waals surface area (Å²) in [6.45, 7) is 1.37. The van der Waals surface area contributed by atoms with Gasteiger partial charge in [0.2, 0.25) is 0 Å². The molecule has 1 amide bonds. The highest BCUT2D eigenvalue weighted by molar-refractivity contribution is 6.40. The number of hydrogen-bond acceptors (Lipinski definition) is 5. The molecular formula is C29H32Cl2F3N3O5. The Morgan fingerprint density at radius 3 is 2.31 bits per heavy atom. The zero-order valence-corrected chi connectivity index (χ0v) is 24.6. The SMILES string of the molecule is CC1(C(=O)O)CCC(n2ncc(C(=O)N(CC(=O)c3c(Cl)cccc3Cl)[C@@H]3CCOC4(CCC4)C3)c2C(F)(F)F)CC1. The molecule has 5 rings (SSSR count). The zero-order chi connectivity index (χ0) is 30.4. The first-order chi connectivity index (χ1) is 19.7. The van der Waals surface area contributed by atoms with E-state index in [1.165, 1.54) is 17.0 Å². The lowest BCUT2D eigenvalue weighted by atomic mass is 9.73. The smallest absolute Gasteiger partial charge is 0.433 e. The van der Waals surface area contributed by atoms with Crippen molar-refractivity contribution in [3.8, 4) is 0 Å². The molecule has 1 saturated heterocycles. The van der Waals surface area contributed by atoms with E-state index in [9.17, 15) is 32.7 Å². The average Bonchev–Trinajstić information content (AvgIpc) is 3.37. The van der Waals surface area contributed by atoms with Crippen molar-refractivity contribution in [2.75, 3.05) is 13.2 Å². The molecule has 1 aromatic carbocycles. The summed E-state index contributed by atoms with van der Waals surface area (Å²) in [6.07, 6.45) is -0.0895. The number of aromatic nitrogens is 2. The molecule has 228 valence electrons. The number of carboxylic acid groups (broad SMARTS) is 1. The summed E-state index contributed by atoms with van der Waals surface area (Å²) in [5.74, 6) is -2.54. The predicted molar refractivity (Wildman–Crippen MR) is 148 cm³/mol. The molecule has 1 aromatic heterocycles. The van der Waals surface area contributed by atoms with Gasteiger partial charge in [-0.05, 0) is 76.8 Å². The fraction of sp³-hybridized carbons (Fsp3) is 0.586. The monoisotopic (exact) mass is 629 g/mol. The fourth-order valence-electron chi connectivity index (χ4n) is 6.48. The summed E-state index contributed by atoms with van der Waals surface area (Å²) in [4.78, 5) is 40.4. The highest BCUT2D eigenvalue weighted by atomic mass is 35.5. The molecular weight excluding hydrogens is 598 g/mol. The number of hydrogen-bond donors (Lipinski definition) is 1. The molecule has 2 saturated carbocycles. The number of halogens is 5. The van der Waals surface area contributed by atoms with E-state index in [4.69, 9.17) is 27.9 Å². The molecule has 0 unspecified atom stereocenters. The number of rotatable bonds is 7. The van der Waals surface area contributed by atoms with Crippen LogP contribution < -0.4 is 0 Å². The van der Waals surface area contributed by atoms with Gasteiger partial charge in [-0.25, -0.2) is 0 Å². The van der Waals surface area contributed by atoms with Gasteiger partial charge in [0.1, 0.15) is 0 Å². The van der Waals surface area contributed by atoms with Crippen LogP contribution in [0.2, 0.25) is 10.0 Å². The number of carboxylic acids is 1. The standard InChI is InChI=1S/C29H32Cl2F3N3O5/c1-27(26(40)41)11-6-17(7-12-27)37-24(29(32,33)34)19(15-35-37)25(39)36(18-8-13-42-28(14-18)9-3-10-28)16-22(38)23-20(30)4-2-5-21(23)31/h2,4-5,15,17-18H,3,6-14,16H2,1H3,(H,40,41)/t17?,18-,27?/m1/s1. The van der Waals surface area contributed by atoms with Crippen molar-refractivity contribution >= 4 is 40.9 Å². The van der Waals surface area contributed by atoms with Crippen LogP contribution in [0, 0.1) is 5.41 Å². The molecule has 1 spiro atoms. The number of amides is 1. The summed E-state index contributed by atoms with van der Waals surface area (Å²) >= 11 is 12.5. The molecule has 2 aromatic rings. The summed E-state index contributed by atoms with van der Waals surface area (Å²) < 4.78 is 50.7. The highest BCUT2D eigenvalue weighted by Gasteiger charge is 2.48. The van der Waals surface area contributed by atoms with E-state index < -0.39 is 64.7 Å². The second-order valence-electron chi connectivity index (χ2n) is 11.9. The second kappa shape index (κ2) is 11.5. The van der Waals surface area contributed by atoms with Crippen molar-refractivity contribution in [3.63, 3.8) is 0 Å². The van der Waals surface area contributed by atoms with Crippen LogP contribution in [0.5, 0.6) is 0 Å². The molecule has 2 heterocycles. The Balaban J connectivity index is 1.50. The van der Waals surface area contributed by atoms with Crippen molar-refractivity contribution in [2.24, 2.45) is 5.41 Å². The number of Topliss-reactive ketones (excluding diaryl/α,β-unsaturated/α-hetero) is 1. The molecule has 42 heavy (non-hydrogen) atoms. The Bertz CT molecular complexity index is 1360. The summed E-state index contributed by atoms with van der Waals surface area (Å²) in [5, 5.41) is 13.7. The van der Waals surface area contributed by atoms with E-state index >= 15 is 0 Å². The minimum Gasteiger partial charge on any atom is -0.481 e. The van der Waals surface area contributed by atoms with Crippen LogP contribution in [0.4, 0.5) is 13.2 Å². The largest absolute Gasteiger partial charge is 0.481 e. The molecule has 3 fully saturated rings. The number of nitrogens with zero attached hydrogens (tertiary/aromatic N) is 3. The Labute approximate surface area is 251 Å². The molecule has 0 radical (unpaired) electrons. The Kier molecular flexibility index (Phi) is 8.41. The number of ketones is 1. The molecule has 1 atom stereocenters. The number of aliphatic carboxylic acids is 1. The number of carbonyl (C=O) groups excluding carboxylic acids is 2. The van der Waals surface area contributed by atoms with Crippen molar-refractivity contribution in [3.05, 3.63) is 51.3 Å². The van der Waals surface area contributed by atoms with Crippen molar-refractivity contribution in [1.29, 1.82) is 0 Å². The van der Waals surface area contributed by atoms with Crippen LogP contribution >= 0.6 is 23.2 Å². The van der Waals surface area contributed by atoms with Crippen LogP contribution in [-0.4, -0.2) is 62.2 Å². The Morgan fingerprint density at radius 1 is 1.12 bits per heavy atom. The molecule has 2 aliphatic carbocycles. The van der Waals surface area contributed by atoms with Crippen molar-refractivity contribution < 1.29 is 37.4 Å². The van der Waals surface area contributed by atoms with Crippen LogP contribution in [0.25, 0.3) is 0 Å². The quantitative estimate of drug-likeness (QED) is 0.336. The van der Waals surface area contributed by atoms with E-state index in [-0.39, 0.29) is 41.3 Å². The third-order valence-electron chi connectivity index (χ3n) is 9.20. The molecule has 8 nitrogen and oxygen atoms in total. The first-order valence-electron chi connectivity index (χ1n) is 14.0. The molecule has 1 N–H and O–H groups in total. The van der Waals surface area contributed by atoms with Gasteiger partial charge >= 0.3 is 12.1 Å². The number of benzene rings is 1. The number of alkyl halides is 3.